The fraction of sp³-hybridized carbons (Fsp3) is 0.556. The van der Waals surface area contributed by atoms with E-state index >= 15 is 0 Å². The molecule has 5 heteroatoms. The van der Waals surface area contributed by atoms with Crippen molar-refractivity contribution in [2.45, 2.75) is 25.8 Å². The molecule has 0 aromatic carbocycles. The summed E-state index contributed by atoms with van der Waals surface area (Å²) in [7, 11) is 0. The lowest BCUT2D eigenvalue weighted by Crippen LogP contribution is -2.22. The zero-order valence-corrected chi connectivity index (χ0v) is 8.16. The molecule has 5 nitrogen and oxygen atoms in total. The van der Waals surface area contributed by atoms with Gasteiger partial charge in [-0.2, -0.15) is 5.10 Å². The number of nitrogens with zero attached hydrogens (tertiary/aromatic N) is 2. The fourth-order valence-corrected chi connectivity index (χ4v) is 1.67. The maximum Gasteiger partial charge on any atom is 0.224 e. The van der Waals surface area contributed by atoms with Crippen LogP contribution in [-0.2, 0) is 11.3 Å². The van der Waals surface area contributed by atoms with Gasteiger partial charge in [-0.1, -0.05) is 0 Å². The SMILES string of the molecule is CC(C(N)=O)c1cnn2c1NCCC2. The van der Waals surface area contributed by atoms with Crippen molar-refractivity contribution in [2.75, 3.05) is 11.9 Å². The van der Waals surface area contributed by atoms with Gasteiger partial charge in [0, 0.05) is 18.7 Å². The first kappa shape index (κ1) is 9.05. The molecule has 1 aromatic heterocycles. The lowest BCUT2D eigenvalue weighted by atomic mass is 10.0. The van der Waals surface area contributed by atoms with E-state index in [4.69, 9.17) is 5.73 Å². The summed E-state index contributed by atoms with van der Waals surface area (Å²) in [6.07, 6.45) is 2.79. The summed E-state index contributed by atoms with van der Waals surface area (Å²) in [6.45, 7) is 3.65. The first-order valence-electron chi connectivity index (χ1n) is 4.79. The summed E-state index contributed by atoms with van der Waals surface area (Å²) in [6, 6.07) is 0. The van der Waals surface area contributed by atoms with Crippen LogP contribution in [0.15, 0.2) is 6.20 Å². The molecule has 2 rings (SSSR count). The minimum absolute atomic E-state index is 0.274. The van der Waals surface area contributed by atoms with Crippen molar-refractivity contribution in [3.8, 4) is 0 Å². The van der Waals surface area contributed by atoms with Crippen LogP contribution in [0.4, 0.5) is 5.82 Å². The van der Waals surface area contributed by atoms with E-state index in [1.165, 1.54) is 0 Å². The fourth-order valence-electron chi connectivity index (χ4n) is 1.67. The van der Waals surface area contributed by atoms with E-state index in [0.29, 0.717) is 0 Å². The predicted octanol–water partition coefficient (Wildman–Crippen LogP) is 0.287. The molecule has 3 N–H and O–H groups in total. The van der Waals surface area contributed by atoms with E-state index in [1.807, 2.05) is 4.68 Å². The number of fused-ring (bicyclic) bond motifs is 1. The molecule has 1 aliphatic heterocycles. The molecule has 1 aliphatic rings. The molecule has 0 spiro atoms. The second kappa shape index (κ2) is 3.32. The van der Waals surface area contributed by atoms with E-state index in [0.717, 1.165) is 30.9 Å². The third-order valence-electron chi connectivity index (χ3n) is 2.60. The maximum absolute atomic E-state index is 11.0. The van der Waals surface area contributed by atoms with Gasteiger partial charge < -0.3 is 11.1 Å². The molecule has 0 fully saturated rings. The Morgan fingerprint density at radius 2 is 2.57 bits per heavy atom. The number of primary amides is 1. The third-order valence-corrected chi connectivity index (χ3v) is 2.60. The number of carbonyl (C=O) groups excluding carboxylic acids is 1. The van der Waals surface area contributed by atoms with Crippen LogP contribution in [0.2, 0.25) is 0 Å². The van der Waals surface area contributed by atoms with Crippen LogP contribution >= 0.6 is 0 Å². The Morgan fingerprint density at radius 1 is 1.79 bits per heavy atom. The highest BCUT2D eigenvalue weighted by molar-refractivity contribution is 5.83. The van der Waals surface area contributed by atoms with Gasteiger partial charge in [0.15, 0.2) is 0 Å². The molecule has 76 valence electrons. The molecule has 1 aromatic rings. The number of nitrogens with two attached hydrogens (primary N) is 1. The quantitative estimate of drug-likeness (QED) is 0.710. The highest BCUT2D eigenvalue weighted by Crippen LogP contribution is 2.26. The molecule has 1 amide bonds. The molecule has 14 heavy (non-hydrogen) atoms. The lowest BCUT2D eigenvalue weighted by Gasteiger charge is -2.18. The molecule has 0 radical (unpaired) electrons. The second-order valence-corrected chi connectivity index (χ2v) is 3.58. The average molecular weight is 194 g/mol. The van der Waals surface area contributed by atoms with E-state index in [2.05, 4.69) is 10.4 Å². The monoisotopic (exact) mass is 194 g/mol. The number of hydrogen-bond acceptors (Lipinski definition) is 3. The number of anilines is 1. The number of hydrogen-bond donors (Lipinski definition) is 2. The van der Waals surface area contributed by atoms with Crippen molar-refractivity contribution >= 4 is 11.7 Å². The Balaban J connectivity index is 2.34. The number of rotatable bonds is 2. The molecular formula is C9H14N4O. The van der Waals surface area contributed by atoms with Gasteiger partial charge in [-0.3, -0.25) is 4.79 Å². The van der Waals surface area contributed by atoms with Crippen molar-refractivity contribution in [1.82, 2.24) is 9.78 Å². The standard InChI is InChI=1S/C9H14N4O/c1-6(8(10)14)7-5-12-13-4-2-3-11-9(7)13/h5-6,11H,2-4H2,1H3,(H2,10,14). The first-order valence-corrected chi connectivity index (χ1v) is 4.79. The van der Waals surface area contributed by atoms with Crippen molar-refractivity contribution in [3.63, 3.8) is 0 Å². The molecule has 1 atom stereocenters. The van der Waals surface area contributed by atoms with Gasteiger partial charge in [0.25, 0.3) is 0 Å². The summed E-state index contributed by atoms with van der Waals surface area (Å²) in [5.74, 6) is 0.361. The Hall–Kier alpha value is -1.52. The van der Waals surface area contributed by atoms with Crippen molar-refractivity contribution in [1.29, 1.82) is 0 Å². The van der Waals surface area contributed by atoms with Gasteiger partial charge in [-0.15, -0.1) is 0 Å². The molecule has 0 saturated carbocycles. The number of aryl methyl sites for hydroxylation is 1. The number of nitrogens with one attached hydrogen (secondary N) is 1. The van der Waals surface area contributed by atoms with Gasteiger partial charge in [-0.25, -0.2) is 4.68 Å². The molecular weight excluding hydrogens is 180 g/mol. The zero-order chi connectivity index (χ0) is 10.1. The normalized spacial score (nSPS) is 16.9. The van der Waals surface area contributed by atoms with Crippen molar-refractivity contribution in [3.05, 3.63) is 11.8 Å². The van der Waals surface area contributed by atoms with E-state index in [1.54, 1.807) is 13.1 Å². The largest absolute Gasteiger partial charge is 0.370 e. The molecule has 0 aliphatic carbocycles. The smallest absolute Gasteiger partial charge is 0.224 e. The van der Waals surface area contributed by atoms with Crippen molar-refractivity contribution in [2.24, 2.45) is 5.73 Å². The first-order chi connectivity index (χ1) is 6.70. The van der Waals surface area contributed by atoms with Crippen LogP contribution in [0.25, 0.3) is 0 Å². The highest BCUT2D eigenvalue weighted by atomic mass is 16.1. The molecule has 0 saturated heterocycles. The Kier molecular flexibility index (Phi) is 2.15. The van der Waals surface area contributed by atoms with Gasteiger partial charge in [-0.05, 0) is 13.3 Å². The average Bonchev–Trinajstić information content (AvgIpc) is 2.60. The predicted molar refractivity (Wildman–Crippen MR) is 52.9 cm³/mol. The van der Waals surface area contributed by atoms with Gasteiger partial charge in [0.2, 0.25) is 5.91 Å². The van der Waals surface area contributed by atoms with Crippen LogP contribution < -0.4 is 11.1 Å². The summed E-state index contributed by atoms with van der Waals surface area (Å²) >= 11 is 0. The number of amides is 1. The topological polar surface area (TPSA) is 72.9 Å². The Morgan fingerprint density at radius 3 is 3.29 bits per heavy atom. The molecule has 2 heterocycles. The van der Waals surface area contributed by atoms with Gasteiger partial charge in [0.1, 0.15) is 5.82 Å². The highest BCUT2D eigenvalue weighted by Gasteiger charge is 2.21. The Labute approximate surface area is 82.3 Å². The summed E-state index contributed by atoms with van der Waals surface area (Å²) in [5.41, 5.74) is 6.16. The van der Waals surface area contributed by atoms with Crippen LogP contribution in [-0.4, -0.2) is 22.2 Å². The number of carbonyl (C=O) groups is 1. The van der Waals surface area contributed by atoms with Crippen LogP contribution in [0, 0.1) is 0 Å². The third kappa shape index (κ3) is 1.34. The summed E-state index contributed by atoms with van der Waals surface area (Å²) < 4.78 is 1.89. The minimum Gasteiger partial charge on any atom is -0.370 e. The summed E-state index contributed by atoms with van der Waals surface area (Å²) in [5, 5.41) is 7.45. The lowest BCUT2D eigenvalue weighted by molar-refractivity contribution is -0.119. The van der Waals surface area contributed by atoms with E-state index in [9.17, 15) is 4.79 Å². The number of aromatic nitrogens is 2. The van der Waals surface area contributed by atoms with E-state index < -0.39 is 0 Å². The van der Waals surface area contributed by atoms with Crippen LogP contribution in [0.5, 0.6) is 0 Å². The van der Waals surface area contributed by atoms with Crippen molar-refractivity contribution < 1.29 is 4.79 Å². The van der Waals surface area contributed by atoms with Gasteiger partial charge in [0.05, 0.1) is 12.1 Å². The second-order valence-electron chi connectivity index (χ2n) is 3.58. The summed E-state index contributed by atoms with van der Waals surface area (Å²) in [4.78, 5) is 11.0. The molecule has 0 bridgehead atoms. The van der Waals surface area contributed by atoms with Crippen LogP contribution in [0.3, 0.4) is 0 Å². The Bertz CT molecular complexity index is 358. The zero-order valence-electron chi connectivity index (χ0n) is 8.16. The minimum atomic E-state index is -0.312. The van der Waals surface area contributed by atoms with Gasteiger partial charge >= 0.3 is 0 Å². The van der Waals surface area contributed by atoms with Crippen LogP contribution in [0.1, 0.15) is 24.8 Å². The molecule has 1 unspecified atom stereocenters. The van der Waals surface area contributed by atoms with E-state index in [-0.39, 0.29) is 11.8 Å². The maximum atomic E-state index is 11.0.